The quantitative estimate of drug-likeness (QED) is 0.755. The number of hydrogen-bond acceptors (Lipinski definition) is 4. The Morgan fingerprint density at radius 1 is 1.03 bits per heavy atom. The molecular formula is C23H21F2N3O2. The Morgan fingerprint density at radius 2 is 1.70 bits per heavy atom. The van der Waals surface area contributed by atoms with Crippen LogP contribution in [0, 0.1) is 23.0 Å². The summed E-state index contributed by atoms with van der Waals surface area (Å²) in [5.74, 6) is -1.34. The van der Waals surface area contributed by atoms with Crippen LogP contribution in [-0.4, -0.2) is 35.7 Å². The summed E-state index contributed by atoms with van der Waals surface area (Å²) in [7, 11) is 0. The molecule has 1 spiro atoms. The van der Waals surface area contributed by atoms with E-state index in [1.54, 1.807) is 17.0 Å². The first kappa shape index (κ1) is 19.0. The Morgan fingerprint density at radius 3 is 2.33 bits per heavy atom. The molecule has 2 aromatic rings. The summed E-state index contributed by atoms with van der Waals surface area (Å²) in [5, 5.41) is 8.96. The zero-order chi connectivity index (χ0) is 20.9. The molecule has 3 saturated heterocycles. The van der Waals surface area contributed by atoms with E-state index >= 15 is 0 Å². The van der Waals surface area contributed by atoms with Gasteiger partial charge in [-0.3, -0.25) is 4.79 Å². The van der Waals surface area contributed by atoms with Gasteiger partial charge in [-0.25, -0.2) is 8.78 Å². The molecule has 2 atom stereocenters. The Balaban J connectivity index is 1.33. The fraction of sp³-hybridized carbons (Fsp3) is 0.391. The van der Waals surface area contributed by atoms with Crippen LogP contribution in [0.25, 0.3) is 0 Å². The van der Waals surface area contributed by atoms with Gasteiger partial charge in [-0.2, -0.15) is 5.26 Å². The van der Waals surface area contributed by atoms with E-state index in [0.717, 1.165) is 11.8 Å². The maximum absolute atomic E-state index is 13.7. The summed E-state index contributed by atoms with van der Waals surface area (Å²) in [5.41, 5.74) is 1.25. The number of benzene rings is 2. The number of halogens is 2. The molecule has 0 radical (unpaired) electrons. The normalized spacial score (nSPS) is 24.9. The molecule has 0 aromatic heterocycles. The lowest BCUT2D eigenvalue weighted by molar-refractivity contribution is -0.140. The van der Waals surface area contributed by atoms with Crippen molar-refractivity contribution in [2.24, 2.45) is 0 Å². The minimum absolute atomic E-state index is 0.0702. The molecule has 3 fully saturated rings. The van der Waals surface area contributed by atoms with Gasteiger partial charge >= 0.3 is 0 Å². The van der Waals surface area contributed by atoms with Gasteiger partial charge in [-0.05, 0) is 54.8 Å². The van der Waals surface area contributed by atoms with Gasteiger partial charge in [0.05, 0.1) is 17.7 Å². The van der Waals surface area contributed by atoms with E-state index in [2.05, 4.69) is 11.0 Å². The number of anilines is 1. The summed E-state index contributed by atoms with van der Waals surface area (Å²) in [4.78, 5) is 17.3. The zero-order valence-electron chi connectivity index (χ0n) is 16.4. The molecule has 0 aliphatic carbocycles. The first-order valence-corrected chi connectivity index (χ1v) is 10.2. The molecule has 154 valence electrons. The highest BCUT2D eigenvalue weighted by Crippen LogP contribution is 2.48. The lowest BCUT2D eigenvalue weighted by Crippen LogP contribution is -2.50. The van der Waals surface area contributed by atoms with Crippen molar-refractivity contribution >= 4 is 11.6 Å². The lowest BCUT2D eigenvalue weighted by Gasteiger charge is -2.38. The third-order valence-electron chi connectivity index (χ3n) is 6.52. The number of ether oxygens (including phenoxy) is 1. The summed E-state index contributed by atoms with van der Waals surface area (Å²) in [6, 6.07) is 12.6. The zero-order valence-corrected chi connectivity index (χ0v) is 16.4. The van der Waals surface area contributed by atoms with Crippen molar-refractivity contribution in [3.05, 3.63) is 65.2 Å². The van der Waals surface area contributed by atoms with E-state index in [-0.39, 0.29) is 18.2 Å². The number of carbonyl (C=O) groups excluding carboxylic acids is 1. The molecule has 5 nitrogen and oxygen atoms in total. The van der Waals surface area contributed by atoms with Gasteiger partial charge in [0, 0.05) is 37.7 Å². The second-order valence-electron chi connectivity index (χ2n) is 8.22. The van der Waals surface area contributed by atoms with Crippen molar-refractivity contribution in [3.8, 4) is 6.07 Å². The van der Waals surface area contributed by atoms with Crippen LogP contribution in [0.4, 0.5) is 14.5 Å². The fourth-order valence-corrected chi connectivity index (χ4v) is 5.01. The highest BCUT2D eigenvalue weighted by molar-refractivity contribution is 5.88. The SMILES string of the molecule is N#Cc1ccc(N2CCC3(CC2)O[C@@H]2CC[C@@H](c4cc(F)cc(F)c4)N2C3=O)cc1. The average molecular weight is 409 g/mol. The van der Waals surface area contributed by atoms with Crippen molar-refractivity contribution in [1.82, 2.24) is 4.90 Å². The second kappa shape index (κ2) is 7.06. The largest absolute Gasteiger partial charge is 0.371 e. The number of amides is 1. The van der Waals surface area contributed by atoms with Crippen LogP contribution in [0.2, 0.25) is 0 Å². The van der Waals surface area contributed by atoms with Crippen molar-refractivity contribution in [2.75, 3.05) is 18.0 Å². The summed E-state index contributed by atoms with van der Waals surface area (Å²) in [6.07, 6.45) is 2.07. The molecule has 0 bridgehead atoms. The number of carbonyl (C=O) groups is 1. The van der Waals surface area contributed by atoms with E-state index in [1.165, 1.54) is 12.1 Å². The van der Waals surface area contributed by atoms with Gasteiger partial charge in [0.15, 0.2) is 5.60 Å². The third-order valence-corrected chi connectivity index (χ3v) is 6.52. The van der Waals surface area contributed by atoms with Crippen LogP contribution in [0.5, 0.6) is 0 Å². The van der Waals surface area contributed by atoms with Crippen LogP contribution in [-0.2, 0) is 9.53 Å². The van der Waals surface area contributed by atoms with Crippen molar-refractivity contribution in [3.63, 3.8) is 0 Å². The molecule has 0 N–H and O–H groups in total. The maximum Gasteiger partial charge on any atom is 0.257 e. The highest BCUT2D eigenvalue weighted by Gasteiger charge is 2.58. The van der Waals surface area contributed by atoms with Crippen LogP contribution >= 0.6 is 0 Å². The van der Waals surface area contributed by atoms with E-state index < -0.39 is 17.2 Å². The number of fused-ring (bicyclic) bond motifs is 1. The summed E-state index contributed by atoms with van der Waals surface area (Å²) in [6.45, 7) is 1.33. The molecule has 3 aliphatic rings. The monoisotopic (exact) mass is 409 g/mol. The topological polar surface area (TPSA) is 56.6 Å². The number of hydrogen-bond donors (Lipinski definition) is 0. The molecule has 0 unspecified atom stereocenters. The highest BCUT2D eigenvalue weighted by atomic mass is 19.1. The minimum atomic E-state index is -0.863. The molecule has 3 heterocycles. The number of rotatable bonds is 2. The smallest absolute Gasteiger partial charge is 0.257 e. The predicted octanol–water partition coefficient (Wildman–Crippen LogP) is 3.90. The van der Waals surface area contributed by atoms with Gasteiger partial charge in [0.1, 0.15) is 17.9 Å². The Bertz CT molecular complexity index is 1010. The minimum Gasteiger partial charge on any atom is -0.371 e. The van der Waals surface area contributed by atoms with Gasteiger partial charge in [-0.15, -0.1) is 0 Å². The molecule has 5 rings (SSSR count). The Hall–Kier alpha value is -2.98. The number of piperidine rings is 1. The van der Waals surface area contributed by atoms with E-state index in [0.29, 0.717) is 49.9 Å². The van der Waals surface area contributed by atoms with Crippen molar-refractivity contribution in [2.45, 2.75) is 43.6 Å². The standard InChI is InChI=1S/C23H21F2N3O2/c24-17-11-16(12-18(25)13-17)20-5-6-21-28(20)22(29)23(30-21)7-9-27(10-8-23)19-3-1-15(14-26)2-4-19/h1-4,11-13,20-21H,5-10H2/t20-,21+/m0/s1. The molecule has 0 saturated carbocycles. The Kier molecular flexibility index (Phi) is 4.48. The first-order valence-electron chi connectivity index (χ1n) is 10.2. The first-order chi connectivity index (χ1) is 14.5. The van der Waals surface area contributed by atoms with Gasteiger partial charge in [0.2, 0.25) is 0 Å². The predicted molar refractivity (Wildman–Crippen MR) is 105 cm³/mol. The van der Waals surface area contributed by atoms with Crippen LogP contribution < -0.4 is 4.90 Å². The van der Waals surface area contributed by atoms with Gasteiger partial charge in [-0.1, -0.05) is 0 Å². The molecule has 7 heteroatoms. The molecular weight excluding hydrogens is 388 g/mol. The maximum atomic E-state index is 13.7. The van der Waals surface area contributed by atoms with Crippen LogP contribution in [0.3, 0.4) is 0 Å². The van der Waals surface area contributed by atoms with E-state index in [9.17, 15) is 13.6 Å². The average Bonchev–Trinajstić information content (AvgIpc) is 3.26. The van der Waals surface area contributed by atoms with Gasteiger partial charge in [0.25, 0.3) is 5.91 Å². The second-order valence-corrected chi connectivity index (χ2v) is 8.22. The summed E-state index contributed by atoms with van der Waals surface area (Å²) < 4.78 is 33.7. The van der Waals surface area contributed by atoms with Crippen molar-refractivity contribution < 1.29 is 18.3 Å². The molecule has 30 heavy (non-hydrogen) atoms. The Labute approximate surface area is 173 Å². The van der Waals surface area contributed by atoms with E-state index in [4.69, 9.17) is 10.00 Å². The fourth-order valence-electron chi connectivity index (χ4n) is 5.01. The molecule has 1 amide bonds. The van der Waals surface area contributed by atoms with Crippen LogP contribution in [0.1, 0.15) is 42.9 Å². The lowest BCUT2D eigenvalue weighted by atomic mass is 9.89. The van der Waals surface area contributed by atoms with Crippen LogP contribution in [0.15, 0.2) is 42.5 Å². The van der Waals surface area contributed by atoms with E-state index in [1.807, 2.05) is 12.1 Å². The molecule has 2 aromatic carbocycles. The number of nitrogens with zero attached hydrogens (tertiary/aromatic N) is 3. The summed E-state index contributed by atoms with van der Waals surface area (Å²) >= 11 is 0. The van der Waals surface area contributed by atoms with Gasteiger partial charge < -0.3 is 14.5 Å². The number of nitriles is 1. The third kappa shape index (κ3) is 3.03. The van der Waals surface area contributed by atoms with Crippen molar-refractivity contribution in [1.29, 1.82) is 5.26 Å². The molecule has 3 aliphatic heterocycles.